The van der Waals surface area contributed by atoms with Gasteiger partial charge >= 0.3 is 59.7 Å². The van der Waals surface area contributed by atoms with E-state index in [1.54, 1.807) is 27.7 Å². The first-order valence-corrected chi connectivity index (χ1v) is 44.7. The third-order valence-electron chi connectivity index (χ3n) is 32.9. The minimum Gasteiger partial charge on any atom is -0.465 e. The summed E-state index contributed by atoms with van der Waals surface area (Å²) in [7, 11) is 0. The van der Waals surface area contributed by atoms with Crippen molar-refractivity contribution in [1.29, 1.82) is 0 Å². The summed E-state index contributed by atoms with van der Waals surface area (Å²) < 4.78 is 54.5. The maximum absolute atomic E-state index is 12.5. The molecule has 22 heteroatoms. The second-order valence-electron chi connectivity index (χ2n) is 43.0. The van der Waals surface area contributed by atoms with Crippen LogP contribution in [0.15, 0.2) is 36.5 Å². The van der Waals surface area contributed by atoms with Crippen LogP contribution in [0.3, 0.4) is 0 Å². The molecule has 0 aromatic heterocycles. The molecule has 116 heavy (non-hydrogen) atoms. The third-order valence-corrected chi connectivity index (χ3v) is 32.9. The van der Waals surface area contributed by atoms with Crippen LogP contribution < -0.4 is 0 Å². The smallest absolute Gasteiger partial charge is 0.344 e. The predicted molar refractivity (Wildman–Crippen MR) is 427 cm³/mol. The zero-order valence-corrected chi connectivity index (χ0v) is 72.2. The Balaban J connectivity index is 0.000000121. The van der Waals surface area contributed by atoms with Crippen molar-refractivity contribution < 1.29 is 106 Å². The molecule has 0 aromatic carbocycles. The van der Waals surface area contributed by atoms with Gasteiger partial charge in [0.05, 0.1) is 52.5 Å². The van der Waals surface area contributed by atoms with E-state index in [0.29, 0.717) is 115 Å². The molecule has 0 radical (unpaired) electrons. The fraction of sp³-hybridized carbons (Fsp3) is 0.830. The van der Waals surface area contributed by atoms with Crippen LogP contribution in [0.25, 0.3) is 0 Å². The van der Waals surface area contributed by atoms with Gasteiger partial charge in [-0.25, -0.2) is 24.0 Å². The van der Waals surface area contributed by atoms with Crippen molar-refractivity contribution in [2.45, 2.75) is 329 Å². The van der Waals surface area contributed by atoms with Gasteiger partial charge in [-0.2, -0.15) is 0 Å². The number of fused-ring (bicyclic) bond motifs is 10. The summed E-state index contributed by atoms with van der Waals surface area (Å²) in [5.41, 5.74) is -2.39. The normalized spacial score (nSPS) is 41.8. The molecule has 22 nitrogen and oxygen atoms in total. The van der Waals surface area contributed by atoms with Crippen molar-refractivity contribution >= 4 is 59.7 Å². The molecule has 20 saturated carbocycles. The molecule has 22 fully saturated rings. The first-order chi connectivity index (χ1) is 54.3. The second-order valence-corrected chi connectivity index (χ2v) is 43.0. The van der Waals surface area contributed by atoms with Gasteiger partial charge in [-0.15, -0.1) is 0 Å². The molecule has 22 rings (SSSR count). The lowest BCUT2D eigenvalue weighted by Crippen LogP contribution is -2.61. The van der Waals surface area contributed by atoms with Gasteiger partial charge in [0.2, 0.25) is 0 Å². The number of rotatable bonds is 19. The Bertz CT molecular complexity index is 3730. The van der Waals surface area contributed by atoms with E-state index in [-0.39, 0.29) is 106 Å². The molecule has 646 valence electrons. The molecule has 0 amide bonds. The average Bonchev–Trinajstić information content (AvgIpc) is 1.34. The second kappa shape index (κ2) is 33.0. The first kappa shape index (κ1) is 87.7. The monoisotopic (exact) mass is 1620 g/mol. The lowest BCUT2D eigenvalue weighted by Gasteiger charge is -2.59. The highest BCUT2D eigenvalue weighted by atomic mass is 16.6. The number of hydrogen-bond acceptors (Lipinski definition) is 22. The van der Waals surface area contributed by atoms with Crippen LogP contribution in [0, 0.1) is 135 Å². The van der Waals surface area contributed by atoms with Gasteiger partial charge in [0.15, 0.2) is 13.2 Å². The quantitative estimate of drug-likeness (QED) is 0.0689. The van der Waals surface area contributed by atoms with Crippen LogP contribution >= 0.6 is 0 Å². The Labute approximate surface area is 688 Å². The largest absolute Gasteiger partial charge is 0.465 e. The summed E-state index contributed by atoms with van der Waals surface area (Å²) in [5.74, 6) is 6.57. The fourth-order valence-corrected chi connectivity index (χ4v) is 26.5. The van der Waals surface area contributed by atoms with E-state index in [9.17, 15) is 58.2 Å². The van der Waals surface area contributed by atoms with Crippen LogP contribution in [0.4, 0.5) is 0 Å². The van der Waals surface area contributed by atoms with Crippen LogP contribution in [-0.2, 0) is 95.3 Å². The topological polar surface area (TPSA) is 303 Å². The number of carbonyl (C=O) groups is 10. The summed E-state index contributed by atoms with van der Waals surface area (Å²) in [4.78, 5) is 119. The van der Waals surface area contributed by atoms with E-state index < -0.39 is 58.1 Å². The molecule has 14 unspecified atom stereocenters. The molecule has 0 spiro atoms. The van der Waals surface area contributed by atoms with Gasteiger partial charge in [0.1, 0.15) is 34.6 Å². The lowest BCUT2D eigenvalue weighted by atomic mass is 9.50. The average molecular weight is 1620 g/mol. The summed E-state index contributed by atoms with van der Waals surface area (Å²) in [6.45, 7) is 37.8. The lowest BCUT2D eigenvalue weighted by molar-refractivity contribution is -0.225. The molecule has 22 aliphatic rings. The Kier molecular flexibility index (Phi) is 24.9. The Morgan fingerprint density at radius 1 is 0.397 bits per heavy atom. The number of ether oxygens (including phenoxy) is 10. The highest BCUT2D eigenvalue weighted by Crippen LogP contribution is 2.65. The van der Waals surface area contributed by atoms with Gasteiger partial charge in [-0.3, -0.25) is 24.0 Å². The Morgan fingerprint density at radius 2 is 0.716 bits per heavy atom. The molecule has 2 heterocycles. The summed E-state index contributed by atoms with van der Waals surface area (Å²) >= 11 is 0. The van der Waals surface area contributed by atoms with Crippen LogP contribution in [0.1, 0.15) is 283 Å². The van der Waals surface area contributed by atoms with Gasteiger partial charge in [-0.05, 0) is 332 Å². The number of carbonyl (C=O) groups excluding carboxylic acids is 10. The van der Waals surface area contributed by atoms with Crippen LogP contribution in [0.2, 0.25) is 0 Å². The molecule has 2 aliphatic heterocycles. The predicted octanol–water partition coefficient (Wildman–Crippen LogP) is 15.3. The van der Waals surface area contributed by atoms with Crippen LogP contribution in [-0.4, -0.2) is 142 Å². The maximum Gasteiger partial charge on any atom is 0.344 e. The zero-order chi connectivity index (χ0) is 84.1. The van der Waals surface area contributed by atoms with Crippen molar-refractivity contribution in [1.82, 2.24) is 0 Å². The molecule has 14 atom stereocenters. The highest BCUT2D eigenvalue weighted by Gasteiger charge is 2.65. The van der Waals surface area contributed by atoms with Crippen molar-refractivity contribution in [3.05, 3.63) is 36.5 Å². The zero-order valence-electron chi connectivity index (χ0n) is 72.2. The Morgan fingerprint density at radius 3 is 1.07 bits per heavy atom. The van der Waals surface area contributed by atoms with Crippen molar-refractivity contribution in [3.63, 3.8) is 0 Å². The van der Waals surface area contributed by atoms with E-state index >= 15 is 0 Å². The summed E-state index contributed by atoms with van der Waals surface area (Å²) in [6.07, 6.45) is 29.4. The van der Waals surface area contributed by atoms with Crippen molar-refractivity contribution in [2.24, 2.45) is 135 Å². The van der Waals surface area contributed by atoms with E-state index in [1.807, 2.05) is 41.5 Å². The van der Waals surface area contributed by atoms with Gasteiger partial charge < -0.3 is 57.6 Å². The van der Waals surface area contributed by atoms with E-state index in [2.05, 4.69) is 40.5 Å². The SMILES string of the molecule is C=C(C)C(=O)OC1(C)C2CC3CC(C2)CC1C3.C=C(C)C(=O)OC12CC3CC(CC(O)(C3)C1)C2.C=C(C)C(=O)OCC(=O)OC1CC2CC1C1C(=O)OCC21.CCC(C)(C)C(=O)OC1(C)C2CC3CC(C2)CC1C3.CCC(C)(C)C(=O)OC12CC3CC(CC(O)(C3)C1)C2.CCC(C)(C)C(=O)OCC(=O)OC1CC2CC1C1C(=O)OCC21. The van der Waals surface area contributed by atoms with Crippen molar-refractivity contribution in [2.75, 3.05) is 26.4 Å². The van der Waals surface area contributed by atoms with E-state index in [4.69, 9.17) is 47.4 Å². The third kappa shape index (κ3) is 18.1. The minimum absolute atomic E-state index is 0.0185. The number of cyclic esters (lactones) is 2. The van der Waals surface area contributed by atoms with E-state index in [1.165, 1.54) is 84.0 Å². The molecular weight excluding hydrogens is 1480 g/mol. The van der Waals surface area contributed by atoms with Gasteiger partial charge in [0, 0.05) is 53.2 Å². The Hall–Kier alpha value is -6.16. The number of aliphatic hydroxyl groups is 2. The fourth-order valence-electron chi connectivity index (χ4n) is 26.5. The maximum atomic E-state index is 12.5. The van der Waals surface area contributed by atoms with Crippen molar-refractivity contribution in [3.8, 4) is 0 Å². The minimum atomic E-state index is -0.612. The first-order valence-electron chi connectivity index (χ1n) is 44.7. The number of hydrogen-bond donors (Lipinski definition) is 2. The highest BCUT2D eigenvalue weighted by molar-refractivity contribution is 5.89. The molecule has 20 bridgehead atoms. The standard InChI is InChI=1S/C17H24O6.C17H28O2.C16H26O3.C15H18O6.C15H22O2.C14H20O3/c1-4-17(2,3)16(20)22-8-13(18)23-12-6-9-5-10(12)14-11(9)7-21-15(14)19;1-5-16(2,3)15(18)19-17(4)13-7-11-6-12(9-13)10-14(17)8-11;1-4-14(2,3)13(17)19-16-8-11-5-12(9-16)7-15(18,6-11)10-16;1-7(2)14(17)20-6-12(16)21-11-4-8-3-9(11)13-10(8)5-19-15(13)18;1-9(2)14(16)17-15(3)12-5-10-4-11(7-12)8-13(15)6-10;1-9(2)12(15)17-14-6-10-3-11(7-14)5-13(16,4-10)8-14/h9-12,14H,4-8H2,1-3H3;11-14H,5-10H2,1-4H3;11-12,18H,4-10H2,1-3H3;8-11,13H,1,3-6H2,2H3;10-13H,1,4-8H2,2-3H3;10-11,16H,1,3-8H2,2H3. The van der Waals surface area contributed by atoms with Gasteiger partial charge in [0.25, 0.3) is 0 Å². The summed E-state index contributed by atoms with van der Waals surface area (Å²) in [6, 6.07) is 0. The molecular formula is C94H138O22. The summed E-state index contributed by atoms with van der Waals surface area (Å²) in [5, 5.41) is 21.2. The molecule has 0 aromatic rings. The van der Waals surface area contributed by atoms with Crippen LogP contribution in [0.5, 0.6) is 0 Å². The number of esters is 10. The molecule has 2 N–H and O–H groups in total. The van der Waals surface area contributed by atoms with E-state index in [0.717, 1.165) is 114 Å². The van der Waals surface area contributed by atoms with Gasteiger partial charge in [-0.1, -0.05) is 40.5 Å². The molecule has 2 saturated heterocycles. The molecule has 20 aliphatic carbocycles.